The van der Waals surface area contributed by atoms with Gasteiger partial charge in [-0.05, 0) is 88.6 Å². The number of halogens is 1. The third-order valence-electron chi connectivity index (χ3n) is 5.22. The van der Waals surface area contributed by atoms with Crippen molar-refractivity contribution >= 4 is 34.0 Å². The van der Waals surface area contributed by atoms with Gasteiger partial charge in [-0.3, -0.25) is 4.79 Å². The van der Waals surface area contributed by atoms with E-state index in [4.69, 9.17) is 9.84 Å². The van der Waals surface area contributed by atoms with Gasteiger partial charge in [0.2, 0.25) is 0 Å². The van der Waals surface area contributed by atoms with Gasteiger partial charge in [-0.2, -0.15) is 5.10 Å². The maximum absolute atomic E-state index is 12.5. The molecule has 7 nitrogen and oxygen atoms in total. The summed E-state index contributed by atoms with van der Waals surface area (Å²) < 4.78 is 7.90. The molecule has 0 saturated carbocycles. The van der Waals surface area contributed by atoms with Crippen molar-refractivity contribution in [3.8, 4) is 22.7 Å². The number of amides is 1. The molecule has 0 aliphatic rings. The van der Waals surface area contributed by atoms with Crippen molar-refractivity contribution in [3.63, 3.8) is 0 Å². The molecule has 0 fully saturated rings. The van der Waals surface area contributed by atoms with Crippen LogP contribution >= 0.6 is 15.9 Å². The number of carbonyl (C=O) groups excluding carboxylic acids is 1. The van der Waals surface area contributed by atoms with Gasteiger partial charge < -0.3 is 14.4 Å². The van der Waals surface area contributed by atoms with Crippen molar-refractivity contribution in [1.29, 1.82) is 0 Å². The van der Waals surface area contributed by atoms with Crippen LogP contribution in [0.3, 0.4) is 0 Å². The molecule has 0 radical (unpaired) electrons. The molecule has 2 N–H and O–H groups in total. The summed E-state index contributed by atoms with van der Waals surface area (Å²) in [5.41, 5.74) is 7.95. The number of benzene rings is 3. The summed E-state index contributed by atoms with van der Waals surface area (Å²) in [6.07, 6.45) is 1.49. The average Bonchev–Trinajstić information content (AvgIpc) is 3.25. The molecule has 4 rings (SSSR count). The minimum Gasteiger partial charge on any atom is -0.481 e. The van der Waals surface area contributed by atoms with E-state index < -0.39 is 12.6 Å². The Morgan fingerprint density at radius 2 is 1.77 bits per heavy atom. The second-order valence-corrected chi connectivity index (χ2v) is 8.53. The fraction of sp³-hybridized carbons (Fsp3) is 0.0741. The van der Waals surface area contributed by atoms with E-state index in [-0.39, 0.29) is 5.91 Å². The first-order chi connectivity index (χ1) is 16.9. The summed E-state index contributed by atoms with van der Waals surface area (Å²) in [4.78, 5) is 23.2. The quantitative estimate of drug-likeness (QED) is 0.234. The molecule has 0 spiro atoms. The average molecular weight is 532 g/mol. The second kappa shape index (κ2) is 10.8. The lowest BCUT2D eigenvalue weighted by Crippen LogP contribution is -2.17. The van der Waals surface area contributed by atoms with Crippen molar-refractivity contribution in [1.82, 2.24) is 9.99 Å². The lowest BCUT2D eigenvalue weighted by Gasteiger charge is -2.12. The van der Waals surface area contributed by atoms with Gasteiger partial charge in [0, 0.05) is 16.9 Å². The fourth-order valence-electron chi connectivity index (χ4n) is 3.56. The first-order valence-corrected chi connectivity index (χ1v) is 11.5. The highest BCUT2D eigenvalue weighted by Gasteiger charge is 2.11. The number of rotatable bonds is 8. The topological polar surface area (TPSA) is 92.9 Å². The largest absolute Gasteiger partial charge is 0.481 e. The van der Waals surface area contributed by atoms with Gasteiger partial charge in [0.15, 0.2) is 6.61 Å². The third-order valence-corrected chi connectivity index (χ3v) is 5.84. The van der Waals surface area contributed by atoms with Crippen LogP contribution in [0.4, 0.5) is 0 Å². The molecule has 1 aromatic heterocycles. The van der Waals surface area contributed by atoms with Gasteiger partial charge >= 0.3 is 5.97 Å². The Morgan fingerprint density at radius 1 is 1.03 bits per heavy atom. The Balaban J connectivity index is 1.43. The van der Waals surface area contributed by atoms with E-state index in [0.29, 0.717) is 21.3 Å². The van der Waals surface area contributed by atoms with Crippen molar-refractivity contribution < 1.29 is 19.4 Å². The number of ether oxygens (including phenoxy) is 1. The van der Waals surface area contributed by atoms with E-state index in [1.165, 1.54) is 6.21 Å². The van der Waals surface area contributed by atoms with E-state index in [1.54, 1.807) is 30.3 Å². The van der Waals surface area contributed by atoms with E-state index in [2.05, 4.69) is 55.3 Å². The van der Waals surface area contributed by atoms with Crippen LogP contribution in [0.2, 0.25) is 0 Å². The number of nitrogens with zero attached hydrogens (tertiary/aromatic N) is 2. The smallest absolute Gasteiger partial charge is 0.341 e. The van der Waals surface area contributed by atoms with Crippen LogP contribution in [0.15, 0.2) is 94.5 Å². The van der Waals surface area contributed by atoms with Crippen molar-refractivity contribution in [2.24, 2.45) is 5.10 Å². The van der Waals surface area contributed by atoms with Gasteiger partial charge in [-0.25, -0.2) is 10.2 Å². The minimum absolute atomic E-state index is 0.333. The Morgan fingerprint density at radius 3 is 2.46 bits per heavy atom. The van der Waals surface area contributed by atoms with Crippen LogP contribution in [0.1, 0.15) is 21.6 Å². The zero-order valence-electron chi connectivity index (χ0n) is 18.8. The van der Waals surface area contributed by atoms with Crippen molar-refractivity contribution in [2.75, 3.05) is 6.61 Å². The predicted molar refractivity (Wildman–Crippen MR) is 138 cm³/mol. The molecule has 35 heavy (non-hydrogen) atoms. The Labute approximate surface area is 210 Å². The fourth-order valence-corrected chi connectivity index (χ4v) is 4.07. The summed E-state index contributed by atoms with van der Waals surface area (Å²) >= 11 is 3.33. The Hall–Kier alpha value is -4.17. The number of hydrazone groups is 1. The molecule has 0 saturated heterocycles. The molecule has 0 aliphatic carbocycles. The first kappa shape index (κ1) is 24.0. The minimum atomic E-state index is -1.06. The van der Waals surface area contributed by atoms with Crippen LogP contribution in [0.5, 0.6) is 5.75 Å². The molecule has 8 heteroatoms. The number of hydrogen-bond donors (Lipinski definition) is 2. The van der Waals surface area contributed by atoms with Crippen LogP contribution < -0.4 is 10.2 Å². The third kappa shape index (κ3) is 5.85. The highest BCUT2D eigenvalue weighted by molar-refractivity contribution is 9.10. The zero-order chi connectivity index (χ0) is 24.8. The normalized spacial score (nSPS) is 10.9. The molecule has 1 heterocycles. The van der Waals surface area contributed by atoms with Crippen LogP contribution in [-0.2, 0) is 4.79 Å². The second-order valence-electron chi connectivity index (χ2n) is 7.68. The van der Waals surface area contributed by atoms with Gasteiger partial charge in [0.1, 0.15) is 5.75 Å². The van der Waals surface area contributed by atoms with Crippen molar-refractivity contribution in [3.05, 3.63) is 106 Å². The molecule has 0 aliphatic heterocycles. The molecule has 0 unspecified atom stereocenters. The SMILES string of the molecule is Cc1ccc(-c2ccccc2)n1-c1ccc(C(=O)N/N=C/c2ccc(OCC(=O)O)c(Br)c2)cc1. The highest BCUT2D eigenvalue weighted by Crippen LogP contribution is 2.27. The van der Waals surface area contributed by atoms with Gasteiger partial charge in [-0.1, -0.05) is 30.3 Å². The molecule has 1 amide bonds. The lowest BCUT2D eigenvalue weighted by molar-refractivity contribution is -0.139. The number of carboxylic acid groups (broad SMARTS) is 1. The van der Waals surface area contributed by atoms with E-state index in [1.807, 2.05) is 37.3 Å². The zero-order valence-corrected chi connectivity index (χ0v) is 20.4. The van der Waals surface area contributed by atoms with Gasteiger partial charge in [0.25, 0.3) is 5.91 Å². The number of aryl methyl sites for hydroxylation is 1. The first-order valence-electron chi connectivity index (χ1n) is 10.7. The molecule has 3 aromatic carbocycles. The standard InChI is InChI=1S/C27H22BrN3O4/c1-18-7-13-24(20-5-3-2-4-6-20)31(18)22-11-9-21(10-12-22)27(34)30-29-16-19-8-14-25(23(28)15-19)35-17-26(32)33/h2-16H,17H2,1H3,(H,30,34)(H,32,33)/b29-16+. The molecule has 0 atom stereocenters. The van der Waals surface area contributed by atoms with Crippen molar-refractivity contribution in [2.45, 2.75) is 6.92 Å². The number of aromatic nitrogens is 1. The summed E-state index contributed by atoms with van der Waals surface area (Å²) in [6.45, 7) is 1.61. The van der Waals surface area contributed by atoms with Gasteiger partial charge in [0.05, 0.1) is 16.4 Å². The highest BCUT2D eigenvalue weighted by atomic mass is 79.9. The number of carboxylic acids is 1. The molecule has 176 valence electrons. The summed E-state index contributed by atoms with van der Waals surface area (Å²) in [5, 5.41) is 12.7. The van der Waals surface area contributed by atoms with E-state index in [0.717, 1.165) is 22.6 Å². The monoisotopic (exact) mass is 531 g/mol. The molecule has 4 aromatic rings. The van der Waals surface area contributed by atoms with Crippen LogP contribution in [0, 0.1) is 6.92 Å². The molecular weight excluding hydrogens is 510 g/mol. The number of carbonyl (C=O) groups is 2. The maximum atomic E-state index is 12.5. The number of aliphatic carboxylic acids is 1. The summed E-state index contributed by atoms with van der Waals surface area (Å²) in [5.74, 6) is -0.985. The predicted octanol–water partition coefficient (Wildman–Crippen LogP) is 5.44. The Bertz CT molecular complexity index is 1380. The number of hydrogen-bond acceptors (Lipinski definition) is 4. The Kier molecular flexibility index (Phi) is 7.42. The summed E-state index contributed by atoms with van der Waals surface area (Å²) in [6, 6.07) is 26.7. The molecule has 0 bridgehead atoms. The van der Waals surface area contributed by atoms with Gasteiger partial charge in [-0.15, -0.1) is 0 Å². The lowest BCUT2D eigenvalue weighted by atomic mass is 10.1. The van der Waals surface area contributed by atoms with E-state index >= 15 is 0 Å². The van der Waals surface area contributed by atoms with Crippen LogP contribution in [-0.4, -0.2) is 34.4 Å². The maximum Gasteiger partial charge on any atom is 0.341 e. The van der Waals surface area contributed by atoms with E-state index in [9.17, 15) is 9.59 Å². The number of nitrogens with one attached hydrogen (secondary N) is 1. The molecular formula is C27H22BrN3O4. The van der Waals surface area contributed by atoms with Crippen LogP contribution in [0.25, 0.3) is 16.9 Å². The summed E-state index contributed by atoms with van der Waals surface area (Å²) in [7, 11) is 0.